The summed E-state index contributed by atoms with van der Waals surface area (Å²) in [6.07, 6.45) is 23.6. The molecule has 0 radical (unpaired) electrons. The maximum atomic E-state index is 15.0. The lowest BCUT2D eigenvalue weighted by Gasteiger charge is -2.72. The highest BCUT2D eigenvalue weighted by Gasteiger charge is 2.73. The first-order valence-corrected chi connectivity index (χ1v) is 26.7. The summed E-state index contributed by atoms with van der Waals surface area (Å²) in [6, 6.07) is 2.12. The molecule has 0 saturated heterocycles. The Morgan fingerprint density at radius 2 is 1.13 bits per heavy atom. The third-order valence-electron chi connectivity index (χ3n) is 25.1. The number of methoxy groups -OCH3 is 2. The zero-order valence-electron chi connectivity index (χ0n) is 44.1. The highest BCUT2D eigenvalue weighted by Crippen LogP contribution is 2.78. The Hall–Kier alpha value is -3.39. The van der Waals surface area contributed by atoms with Crippen molar-refractivity contribution in [3.05, 3.63) is 52.1 Å². The molecule has 8 nitrogen and oxygen atoms in total. The van der Waals surface area contributed by atoms with Gasteiger partial charge in [0.1, 0.15) is 0 Å². The molecule has 9 aliphatic carbocycles. The molecule has 1 N–H and O–H groups in total. The molecular formula is C60H82O8. The lowest BCUT2D eigenvalue weighted by Crippen LogP contribution is -2.71. The molecule has 370 valence electrons. The van der Waals surface area contributed by atoms with Crippen LogP contribution in [0.3, 0.4) is 0 Å². The highest BCUT2D eigenvalue weighted by atomic mass is 16.7. The van der Waals surface area contributed by atoms with Gasteiger partial charge in [-0.2, -0.15) is 0 Å². The van der Waals surface area contributed by atoms with Crippen LogP contribution in [0, 0.1) is 79.3 Å². The third kappa shape index (κ3) is 5.31. The number of ether oxygens (including phenoxy) is 4. The molecule has 1 heterocycles. The van der Waals surface area contributed by atoms with Gasteiger partial charge in [0.2, 0.25) is 11.4 Å². The summed E-state index contributed by atoms with van der Waals surface area (Å²) < 4.78 is 25.0. The molecule has 0 bridgehead atoms. The molecule has 16 atom stereocenters. The molecule has 68 heavy (non-hydrogen) atoms. The Kier molecular flexibility index (Phi) is 9.50. The number of carbonyl (C=O) groups excluding carboxylic acids is 3. The number of benzene rings is 1. The van der Waals surface area contributed by atoms with Crippen LogP contribution >= 0.6 is 0 Å². The summed E-state index contributed by atoms with van der Waals surface area (Å²) in [5.74, 6) is -0.536. The minimum Gasteiger partial charge on any atom is -0.471 e. The Morgan fingerprint density at radius 1 is 0.632 bits per heavy atom. The molecule has 6 saturated carbocycles. The van der Waals surface area contributed by atoms with Gasteiger partial charge in [-0.3, -0.25) is 14.4 Å². The number of hydrogen-bond donors (Lipinski definition) is 1. The lowest BCUT2D eigenvalue weighted by atomic mass is 9.32. The fourth-order valence-electron chi connectivity index (χ4n) is 19.8. The molecular weight excluding hydrogens is 849 g/mol. The molecule has 6 fully saturated rings. The number of carbonyl (C=O) groups is 3. The van der Waals surface area contributed by atoms with Crippen LogP contribution in [0.4, 0.5) is 0 Å². The van der Waals surface area contributed by atoms with E-state index in [0.717, 1.165) is 119 Å². The molecule has 1 aromatic rings. The normalized spacial score (nSPS) is 51.5. The molecule has 1 aliphatic heterocycles. The van der Waals surface area contributed by atoms with E-state index in [-0.39, 0.29) is 67.1 Å². The molecule has 0 amide bonds. The Balaban J connectivity index is 0.935. The molecule has 3 unspecified atom stereocenters. The standard InChI is InChI=1S/C60H82O8/c1-35-36-15-17-41-53(6,25-29-57(10)43-33-51(4,47(62)65-13)21-19-49(43,2)23-27-55(41,57)8)38(36)31-40-46(35)68-59(12)37-16-18-42-54(7,39(37)32-45(61)60(59,64)67-40)26-30-58(11)44-34-52(5,48(63)66-14)22-20-50(44,3)24-28-56(42,58)9/h15-17,31-32,41-44,64H,18-30,33-34H2,1-14H3/t41?,42?,43?,44-,49-,50-,51-,52-,53+,54+,55-,56-,57+,58+,59+,60-/m1/s1. The van der Waals surface area contributed by atoms with Crippen molar-refractivity contribution in [3.8, 4) is 11.5 Å². The fourth-order valence-corrected chi connectivity index (χ4v) is 19.8. The maximum Gasteiger partial charge on any atom is 0.317 e. The largest absolute Gasteiger partial charge is 0.471 e. The number of rotatable bonds is 2. The second-order valence-electron chi connectivity index (χ2n) is 27.8. The van der Waals surface area contributed by atoms with Crippen molar-refractivity contribution in [1.82, 2.24) is 0 Å². The highest BCUT2D eigenvalue weighted by molar-refractivity contribution is 6.02. The van der Waals surface area contributed by atoms with E-state index >= 15 is 0 Å². The molecule has 1 aromatic carbocycles. The van der Waals surface area contributed by atoms with Gasteiger partial charge < -0.3 is 24.1 Å². The minimum atomic E-state index is -2.25. The topological polar surface area (TPSA) is 108 Å². The van der Waals surface area contributed by atoms with Gasteiger partial charge in [0.05, 0.1) is 25.0 Å². The number of hydrogen-bond acceptors (Lipinski definition) is 8. The summed E-state index contributed by atoms with van der Waals surface area (Å²) >= 11 is 0. The number of ketones is 1. The van der Waals surface area contributed by atoms with Gasteiger partial charge in [0.25, 0.3) is 0 Å². The van der Waals surface area contributed by atoms with Crippen LogP contribution in [0.1, 0.15) is 189 Å². The van der Waals surface area contributed by atoms with Gasteiger partial charge >= 0.3 is 17.7 Å². The quantitative estimate of drug-likeness (QED) is 0.292. The van der Waals surface area contributed by atoms with Crippen molar-refractivity contribution in [2.24, 2.45) is 72.4 Å². The minimum absolute atomic E-state index is 0.00834. The Morgan fingerprint density at radius 3 is 1.71 bits per heavy atom. The number of fused-ring (bicyclic) bond motifs is 17. The van der Waals surface area contributed by atoms with Crippen molar-refractivity contribution in [2.45, 2.75) is 196 Å². The van der Waals surface area contributed by atoms with E-state index in [1.165, 1.54) is 19.8 Å². The van der Waals surface area contributed by atoms with Crippen LogP contribution in [0.5, 0.6) is 11.5 Å². The SMILES string of the molecule is COC(=O)[C@]1(C)CC[C@]2(C)CC[C@]3(C)C4C=Cc5c(cc6c(c5C)O[C@@]5(C)C7=CCC8[C@@](C)(CC[C@@]9(C)[C@@H]%10C[C@](C)(C(=O)OC)CC[C@]%10(C)CC[C@]89C)C7=CC(=O)[C@@]5(O)O6)[C@]4(C)CC[C@@]3(C)C2C1. The van der Waals surface area contributed by atoms with Crippen molar-refractivity contribution in [3.63, 3.8) is 0 Å². The van der Waals surface area contributed by atoms with Crippen LogP contribution in [0.2, 0.25) is 0 Å². The Labute approximate surface area is 407 Å². The zero-order valence-corrected chi connectivity index (χ0v) is 44.1. The van der Waals surface area contributed by atoms with E-state index in [0.29, 0.717) is 23.3 Å². The van der Waals surface area contributed by atoms with Crippen LogP contribution in [-0.4, -0.2) is 48.4 Å². The van der Waals surface area contributed by atoms with Gasteiger partial charge in [0, 0.05) is 16.6 Å². The summed E-state index contributed by atoms with van der Waals surface area (Å²) in [4.78, 5) is 41.6. The van der Waals surface area contributed by atoms with Gasteiger partial charge in [-0.15, -0.1) is 0 Å². The first kappa shape index (κ1) is 47.0. The lowest BCUT2D eigenvalue weighted by molar-refractivity contribution is -0.236. The number of esters is 2. The third-order valence-corrected chi connectivity index (χ3v) is 25.1. The summed E-state index contributed by atoms with van der Waals surface area (Å²) in [6.45, 7) is 28.2. The molecule has 0 spiro atoms. The maximum absolute atomic E-state index is 15.0. The van der Waals surface area contributed by atoms with E-state index in [1.54, 1.807) is 6.08 Å². The van der Waals surface area contributed by atoms with E-state index in [1.807, 2.05) is 6.92 Å². The molecule has 10 aliphatic rings. The Bertz CT molecular complexity index is 2550. The smallest absolute Gasteiger partial charge is 0.317 e. The van der Waals surface area contributed by atoms with Gasteiger partial charge in [-0.1, -0.05) is 73.6 Å². The average molecular weight is 931 g/mol. The first-order chi connectivity index (χ1) is 31.6. The predicted octanol–water partition coefficient (Wildman–Crippen LogP) is 12.7. The summed E-state index contributed by atoms with van der Waals surface area (Å²) in [5, 5.41) is 12.9. The van der Waals surface area contributed by atoms with Crippen molar-refractivity contribution in [1.29, 1.82) is 0 Å². The summed E-state index contributed by atoms with van der Waals surface area (Å²) in [5.41, 5.74) is 2.50. The van der Waals surface area contributed by atoms with Gasteiger partial charge in [-0.25, -0.2) is 0 Å². The second-order valence-corrected chi connectivity index (χ2v) is 27.8. The van der Waals surface area contributed by atoms with Crippen molar-refractivity contribution in [2.75, 3.05) is 14.2 Å². The molecule has 8 heteroatoms. The van der Waals surface area contributed by atoms with E-state index in [9.17, 15) is 19.5 Å². The van der Waals surface area contributed by atoms with E-state index < -0.39 is 28.0 Å². The fraction of sp³-hybridized carbons (Fsp3) is 0.750. The van der Waals surface area contributed by atoms with Crippen molar-refractivity contribution >= 4 is 23.8 Å². The van der Waals surface area contributed by atoms with Gasteiger partial charge in [0.15, 0.2) is 11.5 Å². The first-order valence-electron chi connectivity index (χ1n) is 26.7. The second kappa shape index (κ2) is 13.8. The average Bonchev–Trinajstić information content (AvgIpc) is 3.29. The van der Waals surface area contributed by atoms with Crippen LogP contribution < -0.4 is 9.47 Å². The predicted molar refractivity (Wildman–Crippen MR) is 264 cm³/mol. The molecule has 11 rings (SSSR count). The zero-order chi connectivity index (χ0) is 49.1. The number of aliphatic hydroxyl groups is 1. The van der Waals surface area contributed by atoms with E-state index in [2.05, 4.69) is 100 Å². The van der Waals surface area contributed by atoms with E-state index in [4.69, 9.17) is 18.9 Å². The number of allylic oxidation sites excluding steroid dienone is 2. The van der Waals surface area contributed by atoms with Crippen molar-refractivity contribution < 1.29 is 38.4 Å². The van der Waals surface area contributed by atoms with Gasteiger partial charge in [-0.05, 0) is 214 Å². The molecule has 0 aromatic heterocycles. The monoisotopic (exact) mass is 931 g/mol. The summed E-state index contributed by atoms with van der Waals surface area (Å²) in [7, 11) is 3.07. The van der Waals surface area contributed by atoms with Crippen LogP contribution in [0.15, 0.2) is 35.4 Å². The van der Waals surface area contributed by atoms with Crippen LogP contribution in [-0.2, 0) is 29.3 Å². The van der Waals surface area contributed by atoms with Crippen LogP contribution in [0.25, 0.3) is 6.08 Å².